The Morgan fingerprint density at radius 3 is 2.71 bits per heavy atom. The Kier molecular flexibility index (Phi) is 3.60. The molecule has 0 aliphatic heterocycles. The van der Waals surface area contributed by atoms with Crippen LogP contribution in [0, 0.1) is 0 Å². The maximum atomic E-state index is 12.1. The summed E-state index contributed by atoms with van der Waals surface area (Å²) in [6.07, 6.45) is 2.25. The topological polar surface area (TPSA) is 79.9 Å². The van der Waals surface area contributed by atoms with Crippen LogP contribution in [0.5, 0.6) is 5.75 Å². The van der Waals surface area contributed by atoms with Gasteiger partial charge in [0.05, 0.1) is 13.2 Å². The summed E-state index contributed by atoms with van der Waals surface area (Å²) >= 11 is 0. The summed E-state index contributed by atoms with van der Waals surface area (Å²) in [6, 6.07) is 7.48. The lowest BCUT2D eigenvalue weighted by atomic mass is 10.1. The summed E-state index contributed by atoms with van der Waals surface area (Å²) in [6.45, 7) is 1.92. The van der Waals surface area contributed by atoms with Gasteiger partial charge in [-0.15, -0.1) is 5.10 Å². The third-order valence-corrected chi connectivity index (χ3v) is 3.63. The highest BCUT2D eigenvalue weighted by Crippen LogP contribution is 2.37. The van der Waals surface area contributed by atoms with E-state index in [2.05, 4.69) is 20.5 Å². The largest absolute Gasteiger partial charge is 0.497 e. The van der Waals surface area contributed by atoms with Gasteiger partial charge in [0, 0.05) is 5.92 Å². The molecule has 6 nitrogen and oxygen atoms in total. The van der Waals surface area contributed by atoms with Crippen LogP contribution in [0.4, 0.5) is 0 Å². The fourth-order valence-corrected chi connectivity index (χ4v) is 2.15. The highest BCUT2D eigenvalue weighted by Gasteiger charge is 2.28. The van der Waals surface area contributed by atoms with Crippen molar-refractivity contribution in [3.05, 3.63) is 41.5 Å². The number of benzene rings is 1. The molecule has 1 aromatic carbocycles. The van der Waals surface area contributed by atoms with Gasteiger partial charge in [-0.2, -0.15) is 0 Å². The van der Waals surface area contributed by atoms with Crippen LogP contribution in [0.2, 0.25) is 0 Å². The van der Waals surface area contributed by atoms with Gasteiger partial charge in [0.1, 0.15) is 11.6 Å². The van der Waals surface area contributed by atoms with Crippen LogP contribution in [0.1, 0.15) is 53.7 Å². The molecule has 1 atom stereocenters. The molecule has 0 spiro atoms. The normalized spacial score (nSPS) is 15.5. The molecule has 6 heteroatoms. The maximum absolute atomic E-state index is 12.1. The van der Waals surface area contributed by atoms with Crippen molar-refractivity contribution < 1.29 is 9.53 Å². The van der Waals surface area contributed by atoms with Gasteiger partial charge >= 0.3 is 0 Å². The zero-order chi connectivity index (χ0) is 14.8. The zero-order valence-electron chi connectivity index (χ0n) is 12.1. The van der Waals surface area contributed by atoms with Crippen molar-refractivity contribution in [2.24, 2.45) is 0 Å². The monoisotopic (exact) mass is 286 g/mol. The molecule has 1 aliphatic rings. The minimum Gasteiger partial charge on any atom is -0.497 e. The number of nitrogens with zero attached hydrogens (tertiary/aromatic N) is 2. The van der Waals surface area contributed by atoms with E-state index in [-0.39, 0.29) is 17.8 Å². The van der Waals surface area contributed by atoms with Gasteiger partial charge in [0.2, 0.25) is 5.82 Å². The lowest BCUT2D eigenvalue weighted by Crippen LogP contribution is -2.27. The number of rotatable bonds is 5. The van der Waals surface area contributed by atoms with Crippen molar-refractivity contribution in [1.29, 1.82) is 0 Å². The lowest BCUT2D eigenvalue weighted by molar-refractivity contribution is 0.0929. The van der Waals surface area contributed by atoms with E-state index in [0.29, 0.717) is 5.92 Å². The molecular formula is C15H18N4O2. The molecule has 2 aromatic rings. The predicted molar refractivity (Wildman–Crippen MR) is 77.2 cm³/mol. The average Bonchev–Trinajstić information content (AvgIpc) is 3.24. The number of hydrogen-bond acceptors (Lipinski definition) is 4. The highest BCUT2D eigenvalue weighted by atomic mass is 16.5. The van der Waals surface area contributed by atoms with Gasteiger partial charge in [-0.25, -0.2) is 4.98 Å². The Morgan fingerprint density at radius 2 is 2.10 bits per heavy atom. The van der Waals surface area contributed by atoms with Crippen LogP contribution in [0.15, 0.2) is 24.3 Å². The fourth-order valence-electron chi connectivity index (χ4n) is 2.15. The number of hydrogen-bond donors (Lipinski definition) is 2. The number of aromatic amines is 1. The van der Waals surface area contributed by atoms with Crippen LogP contribution in [-0.4, -0.2) is 28.2 Å². The second-order valence-corrected chi connectivity index (χ2v) is 5.29. The molecule has 0 radical (unpaired) electrons. The Morgan fingerprint density at radius 1 is 1.38 bits per heavy atom. The van der Waals surface area contributed by atoms with E-state index in [0.717, 1.165) is 30.0 Å². The molecule has 1 amide bonds. The van der Waals surface area contributed by atoms with E-state index in [9.17, 15) is 4.79 Å². The Hall–Kier alpha value is -2.37. The average molecular weight is 286 g/mol. The van der Waals surface area contributed by atoms with Gasteiger partial charge in [0.15, 0.2) is 0 Å². The highest BCUT2D eigenvalue weighted by molar-refractivity contribution is 5.90. The lowest BCUT2D eigenvalue weighted by Gasteiger charge is -2.13. The molecule has 1 heterocycles. The van der Waals surface area contributed by atoms with E-state index in [1.807, 2.05) is 31.2 Å². The van der Waals surface area contributed by atoms with Crippen molar-refractivity contribution in [2.45, 2.75) is 31.7 Å². The number of ether oxygens (including phenoxy) is 1. The first-order chi connectivity index (χ1) is 10.2. The summed E-state index contributed by atoms with van der Waals surface area (Å²) in [4.78, 5) is 16.4. The van der Waals surface area contributed by atoms with E-state index in [1.54, 1.807) is 7.11 Å². The van der Waals surface area contributed by atoms with Gasteiger partial charge in [-0.05, 0) is 37.5 Å². The van der Waals surface area contributed by atoms with E-state index >= 15 is 0 Å². The minimum atomic E-state index is -0.263. The quantitative estimate of drug-likeness (QED) is 0.883. The summed E-state index contributed by atoms with van der Waals surface area (Å²) in [5, 5.41) is 9.72. The molecule has 3 rings (SSSR count). The molecule has 1 aliphatic carbocycles. The van der Waals surface area contributed by atoms with Gasteiger partial charge in [-0.3, -0.25) is 9.89 Å². The summed E-state index contributed by atoms with van der Waals surface area (Å²) in [5.41, 5.74) is 1.00. The fraction of sp³-hybridized carbons (Fsp3) is 0.400. The van der Waals surface area contributed by atoms with Crippen molar-refractivity contribution in [1.82, 2.24) is 20.5 Å². The van der Waals surface area contributed by atoms with Crippen LogP contribution >= 0.6 is 0 Å². The number of H-pyrrole nitrogens is 1. The van der Waals surface area contributed by atoms with Crippen LogP contribution in [-0.2, 0) is 0 Å². The van der Waals surface area contributed by atoms with Gasteiger partial charge in [0.25, 0.3) is 5.91 Å². The van der Waals surface area contributed by atoms with E-state index in [4.69, 9.17) is 4.74 Å². The SMILES string of the molecule is COc1ccc(C(C)NC(=O)c2n[nH]c(C3CC3)n2)cc1. The summed E-state index contributed by atoms with van der Waals surface area (Å²) < 4.78 is 5.12. The predicted octanol–water partition coefficient (Wildman–Crippen LogP) is 2.18. The Labute approximate surface area is 122 Å². The second kappa shape index (κ2) is 5.55. The molecule has 0 bridgehead atoms. The van der Waals surface area contributed by atoms with Crippen molar-refractivity contribution in [3.63, 3.8) is 0 Å². The summed E-state index contributed by atoms with van der Waals surface area (Å²) in [5.74, 6) is 2.01. The molecule has 110 valence electrons. The van der Waals surface area contributed by atoms with Crippen LogP contribution in [0.25, 0.3) is 0 Å². The van der Waals surface area contributed by atoms with Crippen molar-refractivity contribution >= 4 is 5.91 Å². The van der Waals surface area contributed by atoms with Crippen molar-refractivity contribution in [3.8, 4) is 5.75 Å². The molecule has 2 N–H and O–H groups in total. The number of amides is 1. The Bertz CT molecular complexity index is 631. The zero-order valence-corrected chi connectivity index (χ0v) is 12.1. The number of nitrogens with one attached hydrogen (secondary N) is 2. The molecule has 1 aromatic heterocycles. The number of carbonyl (C=O) groups is 1. The molecule has 1 fully saturated rings. The van der Waals surface area contributed by atoms with Crippen molar-refractivity contribution in [2.75, 3.05) is 7.11 Å². The standard InChI is InChI=1S/C15H18N4O2/c1-9(10-5-7-12(21-2)8-6-10)16-15(20)14-17-13(18-19-14)11-3-4-11/h5-9,11H,3-4H2,1-2H3,(H,16,20)(H,17,18,19). The third kappa shape index (κ3) is 3.04. The van der Waals surface area contributed by atoms with Gasteiger partial charge < -0.3 is 10.1 Å². The number of aromatic nitrogens is 3. The number of methoxy groups -OCH3 is 1. The van der Waals surface area contributed by atoms with Gasteiger partial charge in [-0.1, -0.05) is 12.1 Å². The molecule has 0 saturated heterocycles. The first-order valence-corrected chi connectivity index (χ1v) is 7.04. The van der Waals surface area contributed by atoms with Crippen LogP contribution < -0.4 is 10.1 Å². The molecule has 1 saturated carbocycles. The Balaban J connectivity index is 1.64. The third-order valence-electron chi connectivity index (χ3n) is 3.63. The van der Waals surface area contributed by atoms with E-state index in [1.165, 1.54) is 0 Å². The molecule has 21 heavy (non-hydrogen) atoms. The first-order valence-electron chi connectivity index (χ1n) is 7.04. The first kappa shape index (κ1) is 13.6. The molecule has 1 unspecified atom stereocenters. The maximum Gasteiger partial charge on any atom is 0.291 e. The minimum absolute atomic E-state index is 0.119. The second-order valence-electron chi connectivity index (χ2n) is 5.29. The smallest absolute Gasteiger partial charge is 0.291 e. The number of carbonyl (C=O) groups excluding carboxylic acids is 1. The summed E-state index contributed by atoms with van der Waals surface area (Å²) in [7, 11) is 1.63. The molecular weight excluding hydrogens is 268 g/mol. The van der Waals surface area contributed by atoms with Crippen LogP contribution in [0.3, 0.4) is 0 Å². The van der Waals surface area contributed by atoms with E-state index < -0.39 is 0 Å².